The summed E-state index contributed by atoms with van der Waals surface area (Å²) in [6.45, 7) is 2.70. The van der Waals surface area contributed by atoms with Gasteiger partial charge < -0.3 is 10.2 Å². The number of hydrogen-bond donors (Lipinski definition) is 1. The van der Waals surface area contributed by atoms with E-state index in [1.807, 2.05) is 48.3 Å². The van der Waals surface area contributed by atoms with Crippen LogP contribution in [0.4, 0.5) is 0 Å². The first-order valence-electron chi connectivity index (χ1n) is 8.48. The number of carbonyl (C=O) groups excluding carboxylic acids is 1. The summed E-state index contributed by atoms with van der Waals surface area (Å²) in [5, 5.41) is 3.05. The topological polar surface area (TPSA) is 32.3 Å². The molecule has 134 valence electrons. The van der Waals surface area contributed by atoms with Gasteiger partial charge in [-0.25, -0.2) is 0 Å². The van der Waals surface area contributed by atoms with E-state index in [0.717, 1.165) is 36.5 Å². The summed E-state index contributed by atoms with van der Waals surface area (Å²) in [5.74, 6) is 0.797. The van der Waals surface area contributed by atoms with Crippen LogP contribution in [0.15, 0.2) is 65.6 Å². The van der Waals surface area contributed by atoms with Crippen molar-refractivity contribution in [3.8, 4) is 0 Å². The van der Waals surface area contributed by atoms with Gasteiger partial charge in [0.05, 0.1) is 0 Å². The zero-order valence-electron chi connectivity index (χ0n) is 14.4. The number of thioether (sulfide) groups is 1. The fourth-order valence-corrected chi connectivity index (χ4v) is 4.31. The van der Waals surface area contributed by atoms with Crippen molar-refractivity contribution in [2.24, 2.45) is 5.92 Å². The smallest absolute Gasteiger partial charge is 0.240 e. The summed E-state index contributed by atoms with van der Waals surface area (Å²) in [6, 6.07) is 20.3. The Balaban J connectivity index is 0.00000225. The highest BCUT2D eigenvalue weighted by Gasteiger charge is 2.32. The summed E-state index contributed by atoms with van der Waals surface area (Å²) in [6.07, 6.45) is 1.09. The first kappa shape index (κ1) is 19.8. The van der Waals surface area contributed by atoms with Crippen LogP contribution in [0, 0.1) is 5.92 Å². The Kier molecular flexibility index (Phi) is 7.82. The monoisotopic (exact) mass is 376 g/mol. The number of nitrogens with zero attached hydrogens (tertiary/aromatic N) is 1. The van der Waals surface area contributed by atoms with E-state index in [1.54, 1.807) is 11.8 Å². The average molecular weight is 377 g/mol. The first-order valence-corrected chi connectivity index (χ1v) is 9.36. The molecular formula is C20H25ClN2OS. The van der Waals surface area contributed by atoms with Gasteiger partial charge in [0, 0.05) is 18.0 Å². The molecule has 5 heteroatoms. The maximum absolute atomic E-state index is 13.2. The fourth-order valence-electron chi connectivity index (χ4n) is 3.18. The molecule has 2 aromatic carbocycles. The molecule has 0 aromatic heterocycles. The third-order valence-corrected chi connectivity index (χ3v) is 5.67. The van der Waals surface area contributed by atoms with E-state index in [9.17, 15) is 4.79 Å². The number of amides is 1. The largest absolute Gasteiger partial charge is 0.341 e. The highest BCUT2D eigenvalue weighted by Crippen LogP contribution is 2.37. The second-order valence-corrected chi connectivity index (χ2v) is 7.40. The van der Waals surface area contributed by atoms with Gasteiger partial charge in [0.15, 0.2) is 0 Å². The fraction of sp³-hybridized carbons (Fsp3) is 0.350. The summed E-state index contributed by atoms with van der Waals surface area (Å²) < 4.78 is 0. The van der Waals surface area contributed by atoms with Gasteiger partial charge in [-0.05, 0) is 43.6 Å². The van der Waals surface area contributed by atoms with E-state index in [2.05, 4.69) is 29.6 Å². The molecule has 25 heavy (non-hydrogen) atoms. The lowest BCUT2D eigenvalue weighted by molar-refractivity contribution is -0.129. The Morgan fingerprint density at radius 3 is 2.44 bits per heavy atom. The molecule has 3 rings (SSSR count). The van der Waals surface area contributed by atoms with Gasteiger partial charge in [0.2, 0.25) is 5.91 Å². The Hall–Kier alpha value is -1.49. The molecule has 1 amide bonds. The first-order chi connectivity index (χ1) is 11.8. The lowest BCUT2D eigenvalue weighted by atomic mass is 10.1. The van der Waals surface area contributed by atoms with Crippen LogP contribution >= 0.6 is 24.2 Å². The minimum absolute atomic E-state index is 0. The van der Waals surface area contributed by atoms with Gasteiger partial charge in [-0.3, -0.25) is 4.79 Å². The van der Waals surface area contributed by atoms with Gasteiger partial charge in [-0.15, -0.1) is 24.2 Å². The number of hydrogen-bond acceptors (Lipinski definition) is 3. The molecule has 3 nitrogen and oxygen atoms in total. The van der Waals surface area contributed by atoms with Crippen LogP contribution < -0.4 is 5.32 Å². The molecule has 2 unspecified atom stereocenters. The van der Waals surface area contributed by atoms with Crippen molar-refractivity contribution >= 4 is 30.1 Å². The zero-order chi connectivity index (χ0) is 16.8. The molecule has 1 heterocycles. The number of carbonyl (C=O) groups is 1. The van der Waals surface area contributed by atoms with E-state index in [0.29, 0.717) is 5.92 Å². The van der Waals surface area contributed by atoms with Crippen LogP contribution in [0.3, 0.4) is 0 Å². The average Bonchev–Trinajstić information content (AvgIpc) is 3.10. The molecule has 0 radical (unpaired) electrons. The highest BCUT2D eigenvalue weighted by molar-refractivity contribution is 8.00. The third-order valence-electron chi connectivity index (χ3n) is 4.41. The molecule has 2 aromatic rings. The molecule has 0 spiro atoms. The minimum Gasteiger partial charge on any atom is -0.341 e. The molecule has 1 aliphatic heterocycles. The normalized spacial score (nSPS) is 17.8. The van der Waals surface area contributed by atoms with Crippen molar-refractivity contribution in [3.63, 3.8) is 0 Å². The van der Waals surface area contributed by atoms with Crippen molar-refractivity contribution in [1.82, 2.24) is 10.2 Å². The Morgan fingerprint density at radius 2 is 1.80 bits per heavy atom. The number of nitrogens with one attached hydrogen (secondary N) is 1. The maximum atomic E-state index is 13.2. The Labute approximate surface area is 160 Å². The predicted octanol–water partition coefficient (Wildman–Crippen LogP) is 4.01. The highest BCUT2D eigenvalue weighted by atomic mass is 35.5. The molecule has 1 aliphatic rings. The second-order valence-electron chi connectivity index (χ2n) is 6.22. The molecule has 0 saturated carbocycles. The summed E-state index contributed by atoms with van der Waals surface area (Å²) in [4.78, 5) is 16.4. The zero-order valence-corrected chi connectivity index (χ0v) is 16.1. The van der Waals surface area contributed by atoms with Crippen LogP contribution in [0.2, 0.25) is 0 Å². The quantitative estimate of drug-likeness (QED) is 0.773. The molecule has 2 atom stereocenters. The Morgan fingerprint density at radius 1 is 1.16 bits per heavy atom. The standard InChI is InChI=1S/C20H24N2OS.ClH/c1-21-14-16-12-13-22(15-16)20(23)19(17-8-4-2-5-9-17)24-18-10-6-3-7-11-18;/h2-11,16,19,21H,12-15H2,1H3;1H. The van der Waals surface area contributed by atoms with Gasteiger partial charge in [-0.1, -0.05) is 48.5 Å². The molecule has 0 bridgehead atoms. The van der Waals surface area contributed by atoms with Crippen molar-refractivity contribution in [2.75, 3.05) is 26.7 Å². The number of halogens is 1. The van der Waals surface area contributed by atoms with Crippen LogP contribution in [0.1, 0.15) is 17.2 Å². The predicted molar refractivity (Wildman–Crippen MR) is 107 cm³/mol. The van der Waals surface area contributed by atoms with Crippen molar-refractivity contribution < 1.29 is 4.79 Å². The SMILES string of the molecule is CNCC1CCN(C(=O)C(Sc2ccccc2)c2ccccc2)C1.Cl. The minimum atomic E-state index is -0.179. The van der Waals surface area contributed by atoms with E-state index in [-0.39, 0.29) is 23.6 Å². The Bertz CT molecular complexity index is 653. The molecule has 1 N–H and O–H groups in total. The molecular weight excluding hydrogens is 352 g/mol. The lowest BCUT2D eigenvalue weighted by Gasteiger charge is -2.24. The van der Waals surface area contributed by atoms with Gasteiger partial charge >= 0.3 is 0 Å². The maximum Gasteiger partial charge on any atom is 0.240 e. The number of rotatable bonds is 6. The van der Waals surface area contributed by atoms with E-state index < -0.39 is 0 Å². The number of benzene rings is 2. The van der Waals surface area contributed by atoms with Crippen molar-refractivity contribution in [2.45, 2.75) is 16.6 Å². The van der Waals surface area contributed by atoms with Gasteiger partial charge in [0.25, 0.3) is 0 Å². The summed E-state index contributed by atoms with van der Waals surface area (Å²) in [7, 11) is 1.97. The molecule has 1 fully saturated rings. The van der Waals surface area contributed by atoms with Gasteiger partial charge in [-0.2, -0.15) is 0 Å². The second kappa shape index (κ2) is 9.85. The van der Waals surface area contributed by atoms with Crippen LogP contribution in [0.5, 0.6) is 0 Å². The van der Waals surface area contributed by atoms with E-state index in [1.165, 1.54) is 0 Å². The van der Waals surface area contributed by atoms with E-state index >= 15 is 0 Å². The van der Waals surface area contributed by atoms with Crippen molar-refractivity contribution in [1.29, 1.82) is 0 Å². The summed E-state index contributed by atoms with van der Waals surface area (Å²) >= 11 is 1.64. The van der Waals surface area contributed by atoms with Gasteiger partial charge in [0.1, 0.15) is 5.25 Å². The number of likely N-dealkylation sites (tertiary alicyclic amines) is 1. The third kappa shape index (κ3) is 5.24. The lowest BCUT2D eigenvalue weighted by Crippen LogP contribution is -2.33. The summed E-state index contributed by atoms with van der Waals surface area (Å²) in [5.41, 5.74) is 1.08. The van der Waals surface area contributed by atoms with Crippen LogP contribution in [0.25, 0.3) is 0 Å². The molecule has 1 saturated heterocycles. The van der Waals surface area contributed by atoms with Crippen LogP contribution in [-0.2, 0) is 4.79 Å². The molecule has 0 aliphatic carbocycles. The van der Waals surface area contributed by atoms with E-state index in [4.69, 9.17) is 0 Å². The van der Waals surface area contributed by atoms with Crippen LogP contribution in [-0.4, -0.2) is 37.5 Å². The van der Waals surface area contributed by atoms with Crippen molar-refractivity contribution in [3.05, 3.63) is 66.2 Å².